The molecule has 0 saturated carbocycles. The summed E-state index contributed by atoms with van der Waals surface area (Å²) in [6.45, 7) is 1.96. The van der Waals surface area contributed by atoms with Gasteiger partial charge in [0, 0.05) is 10.6 Å². The van der Waals surface area contributed by atoms with Gasteiger partial charge in [-0.2, -0.15) is 9.97 Å². The molecule has 1 aliphatic rings. The van der Waals surface area contributed by atoms with Crippen molar-refractivity contribution in [3.8, 4) is 22.8 Å². The highest BCUT2D eigenvalue weighted by Gasteiger charge is 2.31. The van der Waals surface area contributed by atoms with E-state index in [9.17, 15) is 4.79 Å². The van der Waals surface area contributed by atoms with E-state index in [1.54, 1.807) is 28.7 Å². The fourth-order valence-corrected chi connectivity index (χ4v) is 4.99. The smallest absolute Gasteiger partial charge is 0.243 e. The Kier molecular flexibility index (Phi) is 7.22. The van der Waals surface area contributed by atoms with E-state index in [1.165, 1.54) is 11.8 Å². The predicted molar refractivity (Wildman–Crippen MR) is 151 cm³/mol. The van der Waals surface area contributed by atoms with Crippen molar-refractivity contribution >= 4 is 58.3 Å². The molecule has 186 valence electrons. The molecule has 37 heavy (non-hydrogen) atoms. The number of anilines is 2. The minimum absolute atomic E-state index is 0.0454. The highest BCUT2D eigenvalue weighted by atomic mass is 35.5. The fraction of sp³-hybridized carbons (Fsp3) is 0.115. The Hall–Kier alpha value is -3.73. The number of aromatic nitrogens is 3. The summed E-state index contributed by atoms with van der Waals surface area (Å²) in [5.74, 6) is 1.73. The molecular formula is C26H21ClN6O2S2. The van der Waals surface area contributed by atoms with Crippen LogP contribution in [0.1, 0.15) is 5.56 Å². The SMILES string of the molecule is COc1ccc(-c2nc(N/N=C3\SCC(=O)N3c3ccccc3C)n(-c3ccc(Cl)cc3)c(=S)n2)cc1. The second-order valence-corrected chi connectivity index (χ2v) is 9.75. The number of rotatable bonds is 6. The predicted octanol–water partition coefficient (Wildman–Crippen LogP) is 6.10. The zero-order chi connectivity index (χ0) is 25.9. The van der Waals surface area contributed by atoms with Crippen LogP contribution < -0.4 is 15.1 Å². The van der Waals surface area contributed by atoms with Gasteiger partial charge < -0.3 is 4.74 Å². The van der Waals surface area contributed by atoms with Gasteiger partial charge in [0.1, 0.15) is 5.75 Å². The van der Waals surface area contributed by atoms with Crippen LogP contribution >= 0.6 is 35.6 Å². The van der Waals surface area contributed by atoms with E-state index in [4.69, 9.17) is 33.5 Å². The van der Waals surface area contributed by atoms with Gasteiger partial charge in [0.15, 0.2) is 11.0 Å². The number of ether oxygens (including phenoxy) is 1. The monoisotopic (exact) mass is 548 g/mol. The topological polar surface area (TPSA) is 84.6 Å². The van der Waals surface area contributed by atoms with Crippen LogP contribution in [-0.4, -0.2) is 38.5 Å². The minimum atomic E-state index is -0.0454. The maximum Gasteiger partial charge on any atom is 0.243 e. The number of carbonyl (C=O) groups is 1. The maximum absolute atomic E-state index is 12.7. The molecule has 11 heteroatoms. The lowest BCUT2D eigenvalue weighted by atomic mass is 10.2. The average molecular weight is 549 g/mol. The van der Waals surface area contributed by atoms with E-state index in [0.717, 1.165) is 22.6 Å². The van der Waals surface area contributed by atoms with Gasteiger partial charge in [-0.05, 0) is 79.3 Å². The zero-order valence-corrected chi connectivity index (χ0v) is 22.3. The van der Waals surface area contributed by atoms with E-state index in [1.807, 2.05) is 67.6 Å². The van der Waals surface area contributed by atoms with E-state index in [0.29, 0.717) is 33.4 Å². The molecular weight excluding hydrogens is 528 g/mol. The first kappa shape index (κ1) is 24.9. The molecule has 0 spiro atoms. The molecule has 3 aromatic carbocycles. The van der Waals surface area contributed by atoms with Crippen LogP contribution in [0.25, 0.3) is 17.1 Å². The van der Waals surface area contributed by atoms with E-state index >= 15 is 0 Å². The summed E-state index contributed by atoms with van der Waals surface area (Å²) in [6.07, 6.45) is 0. The van der Waals surface area contributed by atoms with Crippen LogP contribution in [0.2, 0.25) is 5.02 Å². The fourth-order valence-electron chi connectivity index (χ4n) is 3.77. The zero-order valence-electron chi connectivity index (χ0n) is 19.9. The Morgan fingerprint density at radius 3 is 2.49 bits per heavy atom. The Morgan fingerprint density at radius 2 is 1.78 bits per heavy atom. The normalized spacial score (nSPS) is 14.3. The van der Waals surface area contributed by atoms with Gasteiger partial charge in [-0.1, -0.05) is 41.6 Å². The van der Waals surface area contributed by atoms with Crippen molar-refractivity contribution in [2.45, 2.75) is 6.92 Å². The van der Waals surface area contributed by atoms with Crippen molar-refractivity contribution in [1.29, 1.82) is 0 Å². The van der Waals surface area contributed by atoms with Gasteiger partial charge in [-0.25, -0.2) is 5.43 Å². The number of benzene rings is 3. The van der Waals surface area contributed by atoms with Crippen molar-refractivity contribution in [2.75, 3.05) is 23.2 Å². The molecule has 2 heterocycles. The van der Waals surface area contributed by atoms with Crippen LogP contribution in [0.15, 0.2) is 77.9 Å². The van der Waals surface area contributed by atoms with E-state index < -0.39 is 0 Å². The number of para-hydroxylation sites is 1. The van der Waals surface area contributed by atoms with Crippen molar-refractivity contribution < 1.29 is 9.53 Å². The standard InChI is InChI=1S/C26H21ClN6O2S2/c1-16-5-3-4-6-21(16)33-22(34)15-37-26(33)31-30-24-28-23(17-7-13-20(35-2)14-8-17)29-25(36)32(24)19-11-9-18(27)10-12-19/h3-14H,15H2,1-2H3,(H,28,29,30,36)/b31-26-. The molecule has 4 aromatic rings. The Bertz CT molecular complexity index is 1560. The molecule has 8 nitrogen and oxygen atoms in total. The molecule has 0 bridgehead atoms. The molecule has 1 fully saturated rings. The Labute approximate surface area is 228 Å². The van der Waals surface area contributed by atoms with Gasteiger partial charge >= 0.3 is 0 Å². The largest absolute Gasteiger partial charge is 0.497 e. The van der Waals surface area contributed by atoms with Crippen LogP contribution in [-0.2, 0) is 4.79 Å². The first-order valence-electron chi connectivity index (χ1n) is 11.2. The lowest BCUT2D eigenvalue weighted by Gasteiger charge is -2.19. The van der Waals surface area contributed by atoms with Gasteiger partial charge in [-0.15, -0.1) is 5.10 Å². The summed E-state index contributed by atoms with van der Waals surface area (Å²) in [6, 6.07) is 22.2. The molecule has 5 rings (SSSR count). The first-order chi connectivity index (χ1) is 17.9. The molecule has 0 atom stereocenters. The van der Waals surface area contributed by atoms with Crippen molar-refractivity contribution in [2.24, 2.45) is 5.10 Å². The lowest BCUT2D eigenvalue weighted by molar-refractivity contribution is -0.115. The van der Waals surface area contributed by atoms with E-state index in [2.05, 4.69) is 15.5 Å². The molecule has 1 N–H and O–H groups in total. The molecule has 0 aliphatic carbocycles. The molecule has 1 saturated heterocycles. The van der Waals surface area contributed by atoms with Crippen LogP contribution in [0.5, 0.6) is 5.75 Å². The second-order valence-electron chi connectivity index (χ2n) is 8.00. The number of thioether (sulfide) groups is 1. The minimum Gasteiger partial charge on any atom is -0.497 e. The summed E-state index contributed by atoms with van der Waals surface area (Å²) in [5.41, 5.74) is 6.27. The maximum atomic E-state index is 12.7. The molecule has 0 radical (unpaired) electrons. The number of amides is 1. The van der Waals surface area contributed by atoms with E-state index in [-0.39, 0.29) is 10.7 Å². The third-order valence-electron chi connectivity index (χ3n) is 5.62. The second kappa shape index (κ2) is 10.7. The third-order valence-corrected chi connectivity index (χ3v) is 7.07. The number of hydrogen-bond acceptors (Lipinski definition) is 8. The van der Waals surface area contributed by atoms with Crippen LogP contribution in [0, 0.1) is 11.7 Å². The number of carbonyl (C=O) groups excluding carboxylic acids is 1. The summed E-state index contributed by atoms with van der Waals surface area (Å²) >= 11 is 13.1. The molecule has 1 aromatic heterocycles. The number of hydrogen-bond donors (Lipinski definition) is 1. The van der Waals surface area contributed by atoms with Crippen molar-refractivity contribution in [1.82, 2.24) is 14.5 Å². The number of hydrazone groups is 1. The summed E-state index contributed by atoms with van der Waals surface area (Å²) in [4.78, 5) is 23.6. The van der Waals surface area contributed by atoms with Crippen LogP contribution in [0.3, 0.4) is 0 Å². The number of amidine groups is 1. The van der Waals surface area contributed by atoms with Gasteiger partial charge in [0.2, 0.25) is 16.6 Å². The Balaban J connectivity index is 1.59. The first-order valence-corrected chi connectivity index (χ1v) is 13.0. The van der Waals surface area contributed by atoms with Crippen LogP contribution in [0.4, 0.5) is 11.6 Å². The molecule has 0 unspecified atom stereocenters. The number of aryl methyl sites for hydroxylation is 1. The summed E-state index contributed by atoms with van der Waals surface area (Å²) < 4.78 is 7.20. The summed E-state index contributed by atoms with van der Waals surface area (Å²) in [7, 11) is 1.61. The number of nitrogens with zero attached hydrogens (tertiary/aromatic N) is 5. The summed E-state index contributed by atoms with van der Waals surface area (Å²) in [5, 5.41) is 5.69. The Morgan fingerprint density at radius 1 is 1.05 bits per heavy atom. The number of methoxy groups -OCH3 is 1. The number of nitrogens with one attached hydrogen (secondary N) is 1. The highest BCUT2D eigenvalue weighted by Crippen LogP contribution is 2.30. The van der Waals surface area contributed by atoms with Crippen molar-refractivity contribution in [3.63, 3.8) is 0 Å². The highest BCUT2D eigenvalue weighted by molar-refractivity contribution is 8.15. The van der Waals surface area contributed by atoms with Gasteiger partial charge in [-0.3, -0.25) is 14.3 Å². The third kappa shape index (κ3) is 5.22. The van der Waals surface area contributed by atoms with Gasteiger partial charge in [0.05, 0.1) is 24.2 Å². The number of halogens is 1. The average Bonchev–Trinajstić information content (AvgIpc) is 3.28. The molecule has 1 amide bonds. The van der Waals surface area contributed by atoms with Gasteiger partial charge in [0.25, 0.3) is 0 Å². The lowest BCUT2D eigenvalue weighted by Crippen LogP contribution is -2.30. The quantitative estimate of drug-likeness (QED) is 0.230. The van der Waals surface area contributed by atoms with Crippen molar-refractivity contribution in [3.05, 3.63) is 88.2 Å². The molecule has 1 aliphatic heterocycles.